The summed E-state index contributed by atoms with van der Waals surface area (Å²) in [6, 6.07) is 22.5. The van der Waals surface area contributed by atoms with Crippen molar-refractivity contribution in [3.8, 4) is 11.3 Å². The molecule has 0 bridgehead atoms. The maximum Gasteiger partial charge on any atom is 0.213 e. The van der Waals surface area contributed by atoms with Crippen LogP contribution in [0.25, 0.3) is 22.2 Å². The van der Waals surface area contributed by atoms with Crippen molar-refractivity contribution in [2.75, 3.05) is 0 Å². The standard InChI is InChI=1S/C24H28N/c1-5-23(4)20-14-10-9-13-19(20)22-17-16-18-12-8-11-15-21(18)25(22)24(23,6-2)7-3/h8-17H,5-7H2,1-4H3/q+1. The van der Waals surface area contributed by atoms with Crippen molar-refractivity contribution in [3.63, 3.8) is 0 Å². The first-order valence-corrected chi connectivity index (χ1v) is 9.67. The molecule has 3 aromatic rings. The van der Waals surface area contributed by atoms with Gasteiger partial charge in [-0.3, -0.25) is 0 Å². The van der Waals surface area contributed by atoms with Crippen molar-refractivity contribution < 1.29 is 4.57 Å². The third-order valence-electron chi connectivity index (χ3n) is 6.97. The highest BCUT2D eigenvalue weighted by molar-refractivity contribution is 5.79. The van der Waals surface area contributed by atoms with Crippen LogP contribution in [0, 0.1) is 0 Å². The molecule has 1 aliphatic heterocycles. The molecule has 0 amide bonds. The first-order valence-electron chi connectivity index (χ1n) is 9.67. The molecule has 0 spiro atoms. The molecule has 1 unspecified atom stereocenters. The van der Waals surface area contributed by atoms with Gasteiger partial charge in [-0.2, -0.15) is 4.57 Å². The average Bonchev–Trinajstić information content (AvgIpc) is 2.68. The molecule has 4 rings (SSSR count). The van der Waals surface area contributed by atoms with Crippen molar-refractivity contribution in [1.82, 2.24) is 0 Å². The van der Waals surface area contributed by atoms with Crippen LogP contribution in [0.15, 0.2) is 60.7 Å². The van der Waals surface area contributed by atoms with E-state index in [1.807, 2.05) is 0 Å². The van der Waals surface area contributed by atoms with Gasteiger partial charge in [0.1, 0.15) is 0 Å². The van der Waals surface area contributed by atoms with E-state index in [4.69, 9.17) is 0 Å². The SMILES string of the molecule is CCC1(C)c2ccccc2-c2ccc3ccccc3[n+]2C1(CC)CC. The van der Waals surface area contributed by atoms with Gasteiger partial charge in [0.25, 0.3) is 0 Å². The summed E-state index contributed by atoms with van der Waals surface area (Å²) in [6.45, 7) is 9.57. The Hall–Kier alpha value is -2.15. The summed E-state index contributed by atoms with van der Waals surface area (Å²) in [5.41, 5.74) is 5.84. The second kappa shape index (κ2) is 5.69. The lowest BCUT2D eigenvalue weighted by atomic mass is 9.59. The number of nitrogens with zero attached hydrogens (tertiary/aromatic N) is 1. The maximum atomic E-state index is 2.67. The Labute approximate surface area is 151 Å². The zero-order valence-electron chi connectivity index (χ0n) is 15.8. The average molecular weight is 330 g/mol. The van der Waals surface area contributed by atoms with E-state index in [1.165, 1.54) is 27.7 Å². The molecule has 1 aromatic heterocycles. The molecule has 1 atom stereocenters. The predicted octanol–water partition coefficient (Wildman–Crippen LogP) is 5.99. The van der Waals surface area contributed by atoms with E-state index in [-0.39, 0.29) is 11.0 Å². The van der Waals surface area contributed by atoms with E-state index in [0.29, 0.717) is 0 Å². The van der Waals surface area contributed by atoms with Gasteiger partial charge in [-0.05, 0) is 37.1 Å². The lowest BCUT2D eigenvalue weighted by Crippen LogP contribution is -2.69. The van der Waals surface area contributed by atoms with Gasteiger partial charge >= 0.3 is 0 Å². The molecule has 2 aromatic carbocycles. The lowest BCUT2D eigenvalue weighted by molar-refractivity contribution is -0.747. The summed E-state index contributed by atoms with van der Waals surface area (Å²) in [5.74, 6) is 0. The van der Waals surface area contributed by atoms with Crippen LogP contribution < -0.4 is 4.57 Å². The highest BCUT2D eigenvalue weighted by Crippen LogP contribution is 2.51. The second-order valence-corrected chi connectivity index (χ2v) is 7.58. The van der Waals surface area contributed by atoms with Crippen LogP contribution >= 0.6 is 0 Å². The van der Waals surface area contributed by atoms with Gasteiger partial charge in [-0.15, -0.1) is 0 Å². The summed E-state index contributed by atoms with van der Waals surface area (Å²) >= 11 is 0. The highest BCUT2D eigenvalue weighted by atomic mass is 15.1. The zero-order valence-corrected chi connectivity index (χ0v) is 15.8. The van der Waals surface area contributed by atoms with Crippen molar-refractivity contribution in [2.24, 2.45) is 0 Å². The van der Waals surface area contributed by atoms with E-state index in [0.717, 1.165) is 19.3 Å². The quantitative estimate of drug-likeness (QED) is 0.519. The number of aromatic nitrogens is 1. The summed E-state index contributed by atoms with van der Waals surface area (Å²) < 4.78 is 2.67. The number of para-hydroxylation sites is 1. The molecule has 25 heavy (non-hydrogen) atoms. The molecule has 0 saturated heterocycles. The third kappa shape index (κ3) is 1.93. The molecule has 128 valence electrons. The largest absolute Gasteiger partial charge is 0.213 e. The molecule has 0 saturated carbocycles. The summed E-state index contributed by atoms with van der Waals surface area (Å²) in [7, 11) is 0. The molecule has 0 aliphatic carbocycles. The minimum atomic E-state index is 0.0896. The fourth-order valence-corrected chi connectivity index (χ4v) is 5.43. The van der Waals surface area contributed by atoms with E-state index in [9.17, 15) is 0 Å². The predicted molar refractivity (Wildman–Crippen MR) is 106 cm³/mol. The topological polar surface area (TPSA) is 3.88 Å². The first kappa shape index (κ1) is 16.3. The first-order chi connectivity index (χ1) is 12.1. The molecular weight excluding hydrogens is 302 g/mol. The van der Waals surface area contributed by atoms with Crippen molar-refractivity contribution in [1.29, 1.82) is 0 Å². The minimum absolute atomic E-state index is 0.0896. The van der Waals surface area contributed by atoms with E-state index >= 15 is 0 Å². The van der Waals surface area contributed by atoms with Gasteiger partial charge in [0.15, 0.2) is 5.54 Å². The van der Waals surface area contributed by atoms with Gasteiger partial charge in [0.05, 0.1) is 11.0 Å². The molecule has 0 radical (unpaired) electrons. The summed E-state index contributed by atoms with van der Waals surface area (Å²) in [6.07, 6.45) is 3.41. The Morgan fingerprint density at radius 2 is 1.44 bits per heavy atom. The number of rotatable bonds is 3. The number of hydrogen-bond donors (Lipinski definition) is 0. The van der Waals surface area contributed by atoms with Crippen LogP contribution in [0.5, 0.6) is 0 Å². The minimum Gasteiger partial charge on any atom is -0.185 e. The van der Waals surface area contributed by atoms with Gasteiger partial charge in [-0.1, -0.05) is 51.1 Å². The number of fused-ring (bicyclic) bond motifs is 5. The Balaban J connectivity index is 2.23. The maximum absolute atomic E-state index is 2.67. The Morgan fingerprint density at radius 3 is 2.16 bits per heavy atom. The van der Waals surface area contributed by atoms with Crippen molar-refractivity contribution in [2.45, 2.75) is 57.9 Å². The fourth-order valence-electron chi connectivity index (χ4n) is 5.43. The second-order valence-electron chi connectivity index (χ2n) is 7.58. The Bertz CT molecular complexity index is 936. The molecule has 1 aliphatic rings. The third-order valence-corrected chi connectivity index (χ3v) is 6.97. The Morgan fingerprint density at radius 1 is 0.760 bits per heavy atom. The smallest absolute Gasteiger partial charge is 0.185 e. The van der Waals surface area contributed by atoms with Crippen LogP contribution in [0.2, 0.25) is 0 Å². The van der Waals surface area contributed by atoms with Crippen molar-refractivity contribution in [3.05, 3.63) is 66.2 Å². The van der Waals surface area contributed by atoms with E-state index < -0.39 is 0 Å². The van der Waals surface area contributed by atoms with Crippen LogP contribution in [0.1, 0.15) is 52.5 Å². The van der Waals surface area contributed by atoms with Gasteiger partial charge in [0, 0.05) is 30.4 Å². The number of benzene rings is 2. The monoisotopic (exact) mass is 330 g/mol. The lowest BCUT2D eigenvalue weighted by Gasteiger charge is -2.48. The van der Waals surface area contributed by atoms with E-state index in [1.54, 1.807) is 0 Å². The molecule has 0 N–H and O–H groups in total. The van der Waals surface area contributed by atoms with Gasteiger partial charge in [0.2, 0.25) is 11.2 Å². The van der Waals surface area contributed by atoms with Crippen molar-refractivity contribution >= 4 is 10.9 Å². The van der Waals surface area contributed by atoms with Crippen LogP contribution in [-0.4, -0.2) is 0 Å². The highest BCUT2D eigenvalue weighted by Gasteiger charge is 2.58. The summed E-state index contributed by atoms with van der Waals surface area (Å²) in [4.78, 5) is 0. The molecule has 2 heterocycles. The molecular formula is C24H28N+. The van der Waals surface area contributed by atoms with Crippen LogP contribution in [-0.2, 0) is 11.0 Å². The molecule has 1 nitrogen and oxygen atoms in total. The van der Waals surface area contributed by atoms with Gasteiger partial charge < -0.3 is 0 Å². The number of hydrogen-bond acceptors (Lipinski definition) is 0. The Kier molecular flexibility index (Phi) is 3.72. The van der Waals surface area contributed by atoms with E-state index in [2.05, 4.69) is 92.9 Å². The van der Waals surface area contributed by atoms with Crippen LogP contribution in [0.4, 0.5) is 0 Å². The number of pyridine rings is 1. The van der Waals surface area contributed by atoms with Gasteiger partial charge in [-0.25, -0.2) is 0 Å². The molecule has 1 heteroatoms. The normalized spacial score (nSPS) is 21.0. The van der Waals surface area contributed by atoms with Crippen LogP contribution in [0.3, 0.4) is 0 Å². The summed E-state index contributed by atoms with van der Waals surface area (Å²) in [5, 5.41) is 1.33. The zero-order chi connectivity index (χ0) is 17.7. The molecule has 0 fully saturated rings. The fraction of sp³-hybridized carbons (Fsp3) is 0.375.